The van der Waals surface area contributed by atoms with Crippen LogP contribution in [0.3, 0.4) is 0 Å². The summed E-state index contributed by atoms with van der Waals surface area (Å²) >= 11 is 0. The van der Waals surface area contributed by atoms with Gasteiger partial charge in [-0.15, -0.1) is 4.83 Å². The zero-order valence-electron chi connectivity index (χ0n) is 14.8. The molecule has 1 fully saturated rings. The van der Waals surface area contributed by atoms with Crippen molar-refractivity contribution in [3.63, 3.8) is 0 Å². The van der Waals surface area contributed by atoms with E-state index in [1.165, 1.54) is 6.42 Å². The van der Waals surface area contributed by atoms with E-state index < -0.39 is 10.0 Å². The lowest BCUT2D eigenvalue weighted by molar-refractivity contribution is 0.163. The number of hydrogen-bond donors (Lipinski definition) is 2. The SMILES string of the molecule is CC1(C)[C@@H]2C=C(NNS(=O)(=O)c3ccc4ccccc4c3)[C@@]1(C)CC2. The number of sulfonamides is 1. The van der Waals surface area contributed by atoms with Crippen LogP contribution in [-0.4, -0.2) is 8.42 Å². The molecule has 4 nitrogen and oxygen atoms in total. The van der Waals surface area contributed by atoms with Crippen molar-refractivity contribution in [2.24, 2.45) is 16.7 Å². The Morgan fingerprint density at radius 2 is 1.76 bits per heavy atom. The van der Waals surface area contributed by atoms with Crippen LogP contribution in [-0.2, 0) is 10.0 Å². The van der Waals surface area contributed by atoms with Gasteiger partial charge >= 0.3 is 0 Å². The maximum atomic E-state index is 12.7. The molecule has 0 aromatic heterocycles. The van der Waals surface area contributed by atoms with Crippen LogP contribution in [0.25, 0.3) is 10.8 Å². The smallest absolute Gasteiger partial charge is 0.257 e. The Kier molecular flexibility index (Phi) is 3.54. The van der Waals surface area contributed by atoms with Gasteiger partial charge in [-0.05, 0) is 47.1 Å². The molecular formula is C20H24N2O2S. The third-order valence-electron chi connectivity index (χ3n) is 6.62. The normalized spacial score (nSPS) is 27.5. The summed E-state index contributed by atoms with van der Waals surface area (Å²) in [7, 11) is -3.62. The highest BCUT2D eigenvalue weighted by atomic mass is 32.2. The van der Waals surface area contributed by atoms with Crippen LogP contribution in [0.4, 0.5) is 0 Å². The first-order valence-corrected chi connectivity index (χ1v) is 10.2. The van der Waals surface area contributed by atoms with Crippen LogP contribution in [0.5, 0.6) is 0 Å². The zero-order valence-corrected chi connectivity index (χ0v) is 15.7. The fourth-order valence-corrected chi connectivity index (χ4v) is 5.28. The summed E-state index contributed by atoms with van der Waals surface area (Å²) in [6, 6.07) is 12.9. The van der Waals surface area contributed by atoms with Gasteiger partial charge in [0.15, 0.2) is 0 Å². The number of benzene rings is 2. The van der Waals surface area contributed by atoms with Crippen LogP contribution in [0.1, 0.15) is 33.6 Å². The van der Waals surface area contributed by atoms with Crippen LogP contribution in [0, 0.1) is 16.7 Å². The topological polar surface area (TPSA) is 58.2 Å². The minimum atomic E-state index is -3.62. The van der Waals surface area contributed by atoms with E-state index in [-0.39, 0.29) is 15.7 Å². The highest BCUT2D eigenvalue weighted by molar-refractivity contribution is 7.89. The van der Waals surface area contributed by atoms with Crippen LogP contribution < -0.4 is 10.3 Å². The Morgan fingerprint density at radius 3 is 2.40 bits per heavy atom. The summed E-state index contributed by atoms with van der Waals surface area (Å²) in [6.07, 6.45) is 4.46. The molecule has 2 aliphatic carbocycles. The Labute approximate surface area is 149 Å². The lowest BCUT2D eigenvalue weighted by Crippen LogP contribution is -2.43. The first kappa shape index (κ1) is 16.6. The van der Waals surface area contributed by atoms with E-state index in [1.54, 1.807) is 12.1 Å². The molecule has 0 unspecified atom stereocenters. The largest absolute Gasteiger partial charge is 0.312 e. The molecule has 5 heteroatoms. The van der Waals surface area contributed by atoms with E-state index in [0.717, 1.165) is 22.9 Å². The van der Waals surface area contributed by atoms with E-state index in [1.807, 2.05) is 30.3 Å². The average Bonchev–Trinajstić information content (AvgIpc) is 2.93. The Hall–Kier alpha value is -1.85. The van der Waals surface area contributed by atoms with Crippen molar-refractivity contribution in [3.05, 3.63) is 54.2 Å². The van der Waals surface area contributed by atoms with Crippen LogP contribution in [0.2, 0.25) is 0 Å². The molecule has 25 heavy (non-hydrogen) atoms. The molecule has 2 N–H and O–H groups in total. The second-order valence-electron chi connectivity index (χ2n) is 8.02. The van der Waals surface area contributed by atoms with Gasteiger partial charge in [0.25, 0.3) is 10.0 Å². The van der Waals surface area contributed by atoms with Crippen molar-refractivity contribution in [1.29, 1.82) is 0 Å². The molecule has 2 aromatic carbocycles. The van der Waals surface area contributed by atoms with E-state index in [0.29, 0.717) is 5.92 Å². The van der Waals surface area contributed by atoms with Crippen molar-refractivity contribution >= 4 is 20.8 Å². The molecule has 0 amide bonds. The van der Waals surface area contributed by atoms with Gasteiger partial charge in [0, 0.05) is 11.1 Å². The third kappa shape index (κ3) is 2.41. The summed E-state index contributed by atoms with van der Waals surface area (Å²) in [5.74, 6) is 0.505. The predicted molar refractivity (Wildman–Crippen MR) is 100 cm³/mol. The summed E-state index contributed by atoms with van der Waals surface area (Å²) in [6.45, 7) is 6.77. The molecule has 1 saturated carbocycles. The predicted octanol–water partition coefficient (Wildman–Crippen LogP) is 3.96. The standard InChI is InChI=1S/C20H24N2O2S/c1-19(2)16-10-11-20(19,3)18(13-16)21-22-25(23,24)17-9-8-14-6-4-5-7-15(14)12-17/h4-9,12-13,16,21-22H,10-11H2,1-3H3/t16-,20+/m0/s1. The number of hydrazine groups is 1. The molecule has 0 saturated heterocycles. The van der Waals surface area contributed by atoms with Gasteiger partial charge in [-0.2, -0.15) is 0 Å². The highest BCUT2D eigenvalue weighted by Gasteiger charge is 2.57. The van der Waals surface area contributed by atoms with Crippen molar-refractivity contribution in [3.8, 4) is 0 Å². The van der Waals surface area contributed by atoms with E-state index in [4.69, 9.17) is 0 Å². The summed E-state index contributed by atoms with van der Waals surface area (Å²) in [5, 5.41) is 1.94. The molecule has 132 valence electrons. The summed E-state index contributed by atoms with van der Waals surface area (Å²) in [4.78, 5) is 2.85. The number of rotatable bonds is 4. The minimum absolute atomic E-state index is 0.0103. The molecule has 2 atom stereocenters. The third-order valence-corrected chi connectivity index (χ3v) is 7.86. The van der Waals surface area contributed by atoms with Crippen LogP contribution in [0.15, 0.2) is 59.1 Å². The van der Waals surface area contributed by atoms with E-state index in [2.05, 4.69) is 37.1 Å². The van der Waals surface area contributed by atoms with Gasteiger partial charge < -0.3 is 5.43 Å². The molecule has 0 heterocycles. The number of allylic oxidation sites excluding steroid dienone is 2. The second-order valence-corrected chi connectivity index (χ2v) is 9.70. The molecule has 0 spiro atoms. The monoisotopic (exact) mass is 356 g/mol. The molecule has 2 aliphatic rings. The fraction of sp³-hybridized carbons (Fsp3) is 0.400. The van der Waals surface area contributed by atoms with Crippen LogP contribution >= 0.6 is 0 Å². The Morgan fingerprint density at radius 1 is 1.04 bits per heavy atom. The maximum Gasteiger partial charge on any atom is 0.257 e. The fourth-order valence-electron chi connectivity index (χ4n) is 4.39. The Balaban J connectivity index is 1.57. The van der Waals surface area contributed by atoms with Gasteiger partial charge in [-0.3, -0.25) is 0 Å². The van der Waals surface area contributed by atoms with E-state index >= 15 is 0 Å². The average molecular weight is 356 g/mol. The van der Waals surface area contributed by atoms with Gasteiger partial charge in [0.05, 0.1) is 4.90 Å². The van der Waals surface area contributed by atoms with Crippen molar-refractivity contribution in [2.75, 3.05) is 0 Å². The van der Waals surface area contributed by atoms with Gasteiger partial charge in [0.2, 0.25) is 0 Å². The maximum absolute atomic E-state index is 12.7. The number of nitrogens with one attached hydrogen (secondary N) is 2. The molecule has 2 bridgehead atoms. The molecular weight excluding hydrogens is 332 g/mol. The molecule has 0 radical (unpaired) electrons. The van der Waals surface area contributed by atoms with Crippen molar-refractivity contribution < 1.29 is 8.42 Å². The van der Waals surface area contributed by atoms with Gasteiger partial charge in [0.1, 0.15) is 0 Å². The first-order chi connectivity index (χ1) is 11.7. The zero-order chi connectivity index (χ0) is 17.9. The van der Waals surface area contributed by atoms with Crippen molar-refractivity contribution in [1.82, 2.24) is 10.3 Å². The number of hydrogen-bond acceptors (Lipinski definition) is 3. The van der Waals surface area contributed by atoms with Crippen molar-refractivity contribution in [2.45, 2.75) is 38.5 Å². The summed E-state index contributed by atoms with van der Waals surface area (Å²) < 4.78 is 25.4. The first-order valence-electron chi connectivity index (χ1n) is 8.73. The molecule has 4 rings (SSSR count). The highest BCUT2D eigenvalue weighted by Crippen LogP contribution is 2.64. The second kappa shape index (κ2) is 5.32. The lowest BCUT2D eigenvalue weighted by Gasteiger charge is -2.37. The van der Waals surface area contributed by atoms with Gasteiger partial charge in [-0.1, -0.05) is 57.2 Å². The lowest BCUT2D eigenvalue weighted by atomic mass is 9.69. The Bertz CT molecular complexity index is 978. The van der Waals surface area contributed by atoms with E-state index in [9.17, 15) is 8.42 Å². The van der Waals surface area contributed by atoms with Gasteiger partial charge in [-0.25, -0.2) is 8.42 Å². The minimum Gasteiger partial charge on any atom is -0.312 e. The molecule has 0 aliphatic heterocycles. The number of fused-ring (bicyclic) bond motifs is 3. The molecule has 2 aromatic rings. The quantitative estimate of drug-likeness (QED) is 0.815. The summed E-state index contributed by atoms with van der Waals surface area (Å²) in [5.41, 5.74) is 4.16.